The molecule has 150 valence electrons. The van der Waals surface area contributed by atoms with Crippen molar-refractivity contribution in [2.45, 2.75) is 39.2 Å². The van der Waals surface area contributed by atoms with E-state index in [0.29, 0.717) is 36.2 Å². The topological polar surface area (TPSA) is 82.7 Å². The minimum atomic E-state index is -0.255. The number of amides is 3. The SMILES string of the molecule is CCCNC(=O)CN1CCC(NC(=O)Nc2ccc(OCC)c(Cl)c2)CC1. The van der Waals surface area contributed by atoms with Crippen LogP contribution in [0.3, 0.4) is 0 Å². The van der Waals surface area contributed by atoms with E-state index in [2.05, 4.69) is 20.9 Å². The van der Waals surface area contributed by atoms with Gasteiger partial charge < -0.3 is 20.7 Å². The van der Waals surface area contributed by atoms with E-state index in [-0.39, 0.29) is 18.0 Å². The third-order valence-corrected chi connectivity index (χ3v) is 4.65. The Kier molecular flexibility index (Phi) is 8.67. The van der Waals surface area contributed by atoms with E-state index in [0.717, 1.165) is 32.4 Å². The molecule has 8 heteroatoms. The lowest BCUT2D eigenvalue weighted by atomic mass is 10.1. The van der Waals surface area contributed by atoms with Gasteiger partial charge in [0.1, 0.15) is 5.75 Å². The maximum atomic E-state index is 12.2. The summed E-state index contributed by atoms with van der Waals surface area (Å²) in [6.45, 7) is 7.17. The molecule has 0 aromatic heterocycles. The monoisotopic (exact) mass is 396 g/mol. The van der Waals surface area contributed by atoms with E-state index in [1.807, 2.05) is 13.8 Å². The summed E-state index contributed by atoms with van der Waals surface area (Å²) in [4.78, 5) is 26.1. The number of ether oxygens (including phenoxy) is 1. The molecule has 0 atom stereocenters. The predicted octanol–water partition coefficient (Wildman–Crippen LogP) is 2.85. The maximum Gasteiger partial charge on any atom is 0.319 e. The molecule has 1 aliphatic heterocycles. The minimum Gasteiger partial charge on any atom is -0.492 e. The first kappa shape index (κ1) is 21.3. The first-order valence-corrected chi connectivity index (χ1v) is 9.88. The van der Waals surface area contributed by atoms with Gasteiger partial charge in [0, 0.05) is 31.4 Å². The third-order valence-electron chi connectivity index (χ3n) is 4.35. The summed E-state index contributed by atoms with van der Waals surface area (Å²) in [5, 5.41) is 9.13. The molecule has 2 rings (SSSR count). The Labute approximate surface area is 165 Å². The molecule has 1 aromatic carbocycles. The summed E-state index contributed by atoms with van der Waals surface area (Å²) in [6.07, 6.45) is 2.57. The van der Waals surface area contributed by atoms with Crippen molar-refractivity contribution in [1.82, 2.24) is 15.5 Å². The fourth-order valence-corrected chi connectivity index (χ4v) is 3.20. The van der Waals surface area contributed by atoms with E-state index in [1.54, 1.807) is 18.2 Å². The highest BCUT2D eigenvalue weighted by molar-refractivity contribution is 6.32. The number of nitrogens with zero attached hydrogens (tertiary/aromatic N) is 1. The molecule has 3 amide bonds. The maximum absolute atomic E-state index is 12.2. The molecule has 27 heavy (non-hydrogen) atoms. The Morgan fingerprint density at radius 1 is 1.26 bits per heavy atom. The van der Waals surface area contributed by atoms with Crippen molar-refractivity contribution >= 4 is 29.2 Å². The van der Waals surface area contributed by atoms with Crippen molar-refractivity contribution in [3.63, 3.8) is 0 Å². The number of likely N-dealkylation sites (tertiary alicyclic amines) is 1. The fraction of sp³-hybridized carbons (Fsp3) is 0.579. The molecule has 0 spiro atoms. The quantitative estimate of drug-likeness (QED) is 0.631. The number of anilines is 1. The zero-order valence-electron chi connectivity index (χ0n) is 16.0. The Bertz CT molecular complexity index is 633. The van der Waals surface area contributed by atoms with Gasteiger partial charge in [-0.3, -0.25) is 9.69 Å². The number of nitrogens with one attached hydrogen (secondary N) is 3. The molecule has 0 saturated carbocycles. The molecular formula is C19H29ClN4O3. The highest BCUT2D eigenvalue weighted by atomic mass is 35.5. The number of rotatable bonds is 8. The van der Waals surface area contributed by atoms with Crippen LogP contribution in [0.4, 0.5) is 10.5 Å². The van der Waals surface area contributed by atoms with Crippen LogP contribution in [-0.4, -0.2) is 55.7 Å². The van der Waals surface area contributed by atoms with Crippen LogP contribution in [0.1, 0.15) is 33.1 Å². The summed E-state index contributed by atoms with van der Waals surface area (Å²) in [5.74, 6) is 0.661. The van der Waals surface area contributed by atoms with E-state index >= 15 is 0 Å². The molecule has 0 aliphatic carbocycles. The number of hydrogen-bond donors (Lipinski definition) is 3. The van der Waals surface area contributed by atoms with E-state index < -0.39 is 0 Å². The second kappa shape index (κ2) is 11.0. The van der Waals surface area contributed by atoms with E-state index in [1.165, 1.54) is 0 Å². The molecule has 0 bridgehead atoms. The lowest BCUT2D eigenvalue weighted by Crippen LogP contribution is -2.48. The van der Waals surface area contributed by atoms with Gasteiger partial charge in [-0.05, 0) is 44.4 Å². The van der Waals surface area contributed by atoms with Crippen molar-refractivity contribution in [3.8, 4) is 5.75 Å². The average Bonchev–Trinajstić information content (AvgIpc) is 2.64. The van der Waals surface area contributed by atoms with Gasteiger partial charge in [0.25, 0.3) is 0 Å². The van der Waals surface area contributed by atoms with Crippen molar-refractivity contribution in [3.05, 3.63) is 23.2 Å². The number of benzene rings is 1. The lowest BCUT2D eigenvalue weighted by Gasteiger charge is -2.31. The Hall–Kier alpha value is -1.99. The number of carbonyl (C=O) groups is 2. The van der Waals surface area contributed by atoms with Crippen LogP contribution >= 0.6 is 11.6 Å². The number of hydrogen-bond acceptors (Lipinski definition) is 4. The fourth-order valence-electron chi connectivity index (χ4n) is 2.96. The van der Waals surface area contributed by atoms with Crippen molar-refractivity contribution in [1.29, 1.82) is 0 Å². The zero-order chi connectivity index (χ0) is 19.6. The Morgan fingerprint density at radius 3 is 2.63 bits per heavy atom. The van der Waals surface area contributed by atoms with Crippen LogP contribution in [0.2, 0.25) is 5.02 Å². The summed E-state index contributed by atoms with van der Waals surface area (Å²) >= 11 is 6.14. The Balaban J connectivity index is 1.73. The number of carbonyl (C=O) groups excluding carboxylic acids is 2. The summed E-state index contributed by atoms with van der Waals surface area (Å²) in [6, 6.07) is 5.01. The van der Waals surface area contributed by atoms with E-state index in [9.17, 15) is 9.59 Å². The molecule has 0 unspecified atom stereocenters. The molecule has 1 aliphatic rings. The number of halogens is 1. The smallest absolute Gasteiger partial charge is 0.319 e. The van der Waals surface area contributed by atoms with Crippen molar-refractivity contribution < 1.29 is 14.3 Å². The highest BCUT2D eigenvalue weighted by Gasteiger charge is 2.22. The predicted molar refractivity (Wildman–Crippen MR) is 108 cm³/mol. The second-order valence-corrected chi connectivity index (χ2v) is 6.98. The molecule has 1 fully saturated rings. The minimum absolute atomic E-state index is 0.0633. The molecule has 3 N–H and O–H groups in total. The summed E-state index contributed by atoms with van der Waals surface area (Å²) in [5.41, 5.74) is 0.617. The third kappa shape index (κ3) is 7.27. The zero-order valence-corrected chi connectivity index (χ0v) is 16.8. The normalized spacial score (nSPS) is 15.2. The molecule has 1 aromatic rings. The van der Waals surface area contributed by atoms with Gasteiger partial charge in [-0.2, -0.15) is 0 Å². The molecule has 0 radical (unpaired) electrons. The molecule has 1 saturated heterocycles. The van der Waals surface area contributed by atoms with Crippen molar-refractivity contribution in [2.75, 3.05) is 38.1 Å². The van der Waals surface area contributed by atoms with Gasteiger partial charge in [0.05, 0.1) is 18.2 Å². The molecular weight excluding hydrogens is 368 g/mol. The van der Waals surface area contributed by atoms with Gasteiger partial charge in [-0.1, -0.05) is 18.5 Å². The summed E-state index contributed by atoms with van der Waals surface area (Å²) in [7, 11) is 0. The highest BCUT2D eigenvalue weighted by Crippen LogP contribution is 2.27. The van der Waals surface area contributed by atoms with Gasteiger partial charge in [-0.25, -0.2) is 4.79 Å². The standard InChI is InChI=1S/C19H29ClN4O3/c1-3-9-21-18(25)13-24-10-7-14(8-11-24)22-19(26)23-15-5-6-17(27-4-2)16(20)12-15/h5-6,12,14H,3-4,7-11,13H2,1-2H3,(H,21,25)(H2,22,23,26). The Morgan fingerprint density at radius 2 is 2.00 bits per heavy atom. The van der Waals surface area contributed by atoms with Crippen LogP contribution < -0.4 is 20.7 Å². The van der Waals surface area contributed by atoms with Crippen LogP contribution in [-0.2, 0) is 4.79 Å². The second-order valence-electron chi connectivity index (χ2n) is 6.58. The largest absolute Gasteiger partial charge is 0.492 e. The molecule has 7 nitrogen and oxygen atoms in total. The lowest BCUT2D eigenvalue weighted by molar-refractivity contribution is -0.122. The summed E-state index contributed by atoms with van der Waals surface area (Å²) < 4.78 is 5.38. The van der Waals surface area contributed by atoms with E-state index in [4.69, 9.17) is 16.3 Å². The first-order chi connectivity index (χ1) is 13.0. The van der Waals surface area contributed by atoms with Gasteiger partial charge in [0.2, 0.25) is 5.91 Å². The van der Waals surface area contributed by atoms with Crippen LogP contribution in [0.25, 0.3) is 0 Å². The number of urea groups is 1. The number of piperidine rings is 1. The van der Waals surface area contributed by atoms with Crippen LogP contribution in [0.15, 0.2) is 18.2 Å². The average molecular weight is 397 g/mol. The van der Waals surface area contributed by atoms with Gasteiger partial charge >= 0.3 is 6.03 Å². The molecule has 1 heterocycles. The van der Waals surface area contributed by atoms with Crippen molar-refractivity contribution in [2.24, 2.45) is 0 Å². The first-order valence-electron chi connectivity index (χ1n) is 9.50. The van der Waals surface area contributed by atoms with Crippen LogP contribution in [0.5, 0.6) is 5.75 Å². The van der Waals surface area contributed by atoms with Crippen LogP contribution in [0, 0.1) is 0 Å². The van der Waals surface area contributed by atoms with Gasteiger partial charge in [-0.15, -0.1) is 0 Å². The van der Waals surface area contributed by atoms with Gasteiger partial charge in [0.15, 0.2) is 0 Å².